The Morgan fingerprint density at radius 1 is 1.21 bits per heavy atom. The SMILES string of the molecule is S=C1SC(c2ccccc2)CN1CN1CCOCC1. The predicted molar refractivity (Wildman–Crippen MR) is 83.3 cm³/mol. The molecule has 0 aromatic heterocycles. The van der Waals surface area contributed by atoms with Crippen LogP contribution in [0.4, 0.5) is 0 Å². The zero-order valence-electron chi connectivity index (χ0n) is 10.8. The molecule has 0 N–H and O–H groups in total. The fourth-order valence-electron chi connectivity index (χ4n) is 2.45. The third kappa shape index (κ3) is 3.28. The van der Waals surface area contributed by atoms with E-state index >= 15 is 0 Å². The standard InChI is InChI=1S/C14H18N2OS2/c18-14-16(11-15-6-8-17-9-7-15)10-13(19-14)12-4-2-1-3-5-12/h1-5,13H,6-11H2. The van der Waals surface area contributed by atoms with Crippen LogP contribution in [0.5, 0.6) is 0 Å². The minimum absolute atomic E-state index is 0.481. The molecule has 5 heteroatoms. The number of ether oxygens (including phenoxy) is 1. The minimum atomic E-state index is 0.481. The fourth-order valence-corrected chi connectivity index (χ4v) is 4.00. The normalized spacial score (nSPS) is 24.9. The van der Waals surface area contributed by atoms with Crippen molar-refractivity contribution in [3.63, 3.8) is 0 Å². The van der Waals surface area contributed by atoms with Gasteiger partial charge < -0.3 is 9.64 Å². The average Bonchev–Trinajstić information content (AvgIpc) is 2.82. The van der Waals surface area contributed by atoms with Crippen LogP contribution in [-0.2, 0) is 4.74 Å². The van der Waals surface area contributed by atoms with Gasteiger partial charge in [0.15, 0.2) is 0 Å². The minimum Gasteiger partial charge on any atom is -0.379 e. The largest absolute Gasteiger partial charge is 0.379 e. The number of rotatable bonds is 3. The van der Waals surface area contributed by atoms with Gasteiger partial charge in [-0.15, -0.1) is 0 Å². The van der Waals surface area contributed by atoms with Gasteiger partial charge in [-0.3, -0.25) is 4.90 Å². The van der Waals surface area contributed by atoms with Gasteiger partial charge in [0, 0.05) is 19.6 Å². The Balaban J connectivity index is 1.60. The van der Waals surface area contributed by atoms with Gasteiger partial charge in [-0.05, 0) is 5.56 Å². The molecule has 0 saturated carbocycles. The molecule has 0 radical (unpaired) electrons. The molecule has 3 rings (SSSR count). The van der Waals surface area contributed by atoms with Gasteiger partial charge >= 0.3 is 0 Å². The van der Waals surface area contributed by atoms with E-state index in [1.165, 1.54) is 5.56 Å². The summed E-state index contributed by atoms with van der Waals surface area (Å²) in [7, 11) is 0. The molecule has 0 bridgehead atoms. The quantitative estimate of drug-likeness (QED) is 0.793. The molecule has 2 fully saturated rings. The monoisotopic (exact) mass is 294 g/mol. The molecule has 2 aliphatic rings. The van der Waals surface area contributed by atoms with Gasteiger partial charge in [0.1, 0.15) is 4.32 Å². The van der Waals surface area contributed by atoms with Gasteiger partial charge in [0.25, 0.3) is 0 Å². The molecule has 3 nitrogen and oxygen atoms in total. The van der Waals surface area contributed by atoms with Crippen LogP contribution >= 0.6 is 24.0 Å². The topological polar surface area (TPSA) is 15.7 Å². The molecule has 0 aliphatic carbocycles. The van der Waals surface area contributed by atoms with E-state index in [2.05, 4.69) is 40.1 Å². The van der Waals surface area contributed by atoms with Crippen LogP contribution in [-0.4, -0.2) is 53.6 Å². The van der Waals surface area contributed by atoms with E-state index in [0.717, 1.165) is 43.8 Å². The van der Waals surface area contributed by atoms with Crippen molar-refractivity contribution in [2.75, 3.05) is 39.5 Å². The van der Waals surface area contributed by atoms with Gasteiger partial charge in [-0.1, -0.05) is 54.3 Å². The van der Waals surface area contributed by atoms with Crippen LogP contribution in [0.1, 0.15) is 10.8 Å². The Labute approximate surface area is 123 Å². The second-order valence-electron chi connectivity index (χ2n) is 4.88. The first kappa shape index (κ1) is 13.4. The van der Waals surface area contributed by atoms with Crippen molar-refractivity contribution >= 4 is 28.3 Å². The highest BCUT2D eigenvalue weighted by atomic mass is 32.2. The van der Waals surface area contributed by atoms with Crippen LogP contribution in [0.3, 0.4) is 0 Å². The van der Waals surface area contributed by atoms with Gasteiger partial charge in [-0.25, -0.2) is 0 Å². The number of hydrogen-bond donors (Lipinski definition) is 0. The Bertz CT molecular complexity index is 434. The number of morpholine rings is 1. The highest BCUT2D eigenvalue weighted by Crippen LogP contribution is 2.38. The molecule has 0 amide bonds. The van der Waals surface area contributed by atoms with E-state index < -0.39 is 0 Å². The highest BCUT2D eigenvalue weighted by molar-refractivity contribution is 8.23. The fraction of sp³-hybridized carbons (Fsp3) is 0.500. The lowest BCUT2D eigenvalue weighted by Gasteiger charge is -2.31. The van der Waals surface area contributed by atoms with Gasteiger partial charge in [-0.2, -0.15) is 0 Å². The summed E-state index contributed by atoms with van der Waals surface area (Å²) in [6, 6.07) is 10.6. The summed E-state index contributed by atoms with van der Waals surface area (Å²) < 4.78 is 6.41. The van der Waals surface area contributed by atoms with Crippen LogP contribution < -0.4 is 0 Å². The lowest BCUT2D eigenvalue weighted by molar-refractivity contribution is 0.0226. The molecule has 2 saturated heterocycles. The van der Waals surface area contributed by atoms with Crippen LogP contribution in [0.15, 0.2) is 30.3 Å². The molecular formula is C14H18N2OS2. The molecule has 2 heterocycles. The number of nitrogens with zero attached hydrogens (tertiary/aromatic N) is 2. The van der Waals surface area contributed by atoms with E-state index in [1.54, 1.807) is 0 Å². The van der Waals surface area contributed by atoms with E-state index in [1.807, 2.05) is 11.8 Å². The van der Waals surface area contributed by atoms with Crippen molar-refractivity contribution in [3.8, 4) is 0 Å². The molecule has 1 unspecified atom stereocenters. The highest BCUT2D eigenvalue weighted by Gasteiger charge is 2.29. The summed E-state index contributed by atoms with van der Waals surface area (Å²) in [5.74, 6) is 0. The van der Waals surface area contributed by atoms with Gasteiger partial charge in [0.05, 0.1) is 25.1 Å². The second kappa shape index (κ2) is 6.22. The first-order chi connectivity index (χ1) is 9.33. The molecule has 1 aromatic carbocycles. The lowest BCUT2D eigenvalue weighted by atomic mass is 10.1. The number of thiocarbonyl (C=S) groups is 1. The second-order valence-corrected chi connectivity index (χ2v) is 6.71. The smallest absolute Gasteiger partial charge is 0.138 e. The third-order valence-corrected chi connectivity index (χ3v) is 5.25. The Morgan fingerprint density at radius 2 is 1.95 bits per heavy atom. The van der Waals surface area contributed by atoms with E-state index in [9.17, 15) is 0 Å². The molecule has 2 aliphatic heterocycles. The zero-order valence-corrected chi connectivity index (χ0v) is 12.5. The maximum absolute atomic E-state index is 5.52. The predicted octanol–water partition coefficient (Wildman–Crippen LogP) is 2.35. The van der Waals surface area contributed by atoms with Crippen molar-refractivity contribution in [1.29, 1.82) is 0 Å². The number of thioether (sulfide) groups is 1. The van der Waals surface area contributed by atoms with Crippen molar-refractivity contribution in [3.05, 3.63) is 35.9 Å². The molecule has 0 spiro atoms. The zero-order chi connectivity index (χ0) is 13.1. The summed E-state index contributed by atoms with van der Waals surface area (Å²) in [5.41, 5.74) is 1.37. The molecular weight excluding hydrogens is 276 g/mol. The third-order valence-electron chi connectivity index (χ3n) is 3.53. The molecule has 1 atom stereocenters. The van der Waals surface area contributed by atoms with Crippen LogP contribution in [0.2, 0.25) is 0 Å². The Hall–Kier alpha value is -0.620. The first-order valence-corrected chi connectivity index (χ1v) is 7.92. The summed E-state index contributed by atoms with van der Waals surface area (Å²) in [4.78, 5) is 4.74. The summed E-state index contributed by atoms with van der Waals surface area (Å²) in [5, 5.41) is 0.481. The summed E-state index contributed by atoms with van der Waals surface area (Å²) in [6.07, 6.45) is 0. The van der Waals surface area contributed by atoms with Crippen LogP contribution in [0.25, 0.3) is 0 Å². The first-order valence-electron chi connectivity index (χ1n) is 6.63. The molecule has 19 heavy (non-hydrogen) atoms. The van der Waals surface area contributed by atoms with E-state index in [-0.39, 0.29) is 0 Å². The summed E-state index contributed by atoms with van der Waals surface area (Å²) in [6.45, 7) is 5.68. The van der Waals surface area contributed by atoms with Gasteiger partial charge in [0.2, 0.25) is 0 Å². The molecule has 102 valence electrons. The van der Waals surface area contributed by atoms with Crippen LogP contribution in [0, 0.1) is 0 Å². The van der Waals surface area contributed by atoms with E-state index in [4.69, 9.17) is 17.0 Å². The maximum atomic E-state index is 5.52. The number of hydrogen-bond acceptors (Lipinski definition) is 4. The van der Waals surface area contributed by atoms with Crippen molar-refractivity contribution in [2.24, 2.45) is 0 Å². The summed E-state index contributed by atoms with van der Waals surface area (Å²) >= 11 is 7.33. The van der Waals surface area contributed by atoms with E-state index in [0.29, 0.717) is 5.25 Å². The molecule has 1 aromatic rings. The van der Waals surface area contributed by atoms with Crippen molar-refractivity contribution < 1.29 is 4.74 Å². The maximum Gasteiger partial charge on any atom is 0.138 e. The Kier molecular flexibility index (Phi) is 4.38. The van der Waals surface area contributed by atoms with Crippen molar-refractivity contribution in [1.82, 2.24) is 9.80 Å². The Morgan fingerprint density at radius 3 is 2.68 bits per heavy atom. The number of benzene rings is 1. The lowest BCUT2D eigenvalue weighted by Crippen LogP contribution is -2.44. The average molecular weight is 294 g/mol. The van der Waals surface area contributed by atoms with Crippen molar-refractivity contribution in [2.45, 2.75) is 5.25 Å².